The number of aryl methyl sites for hydroxylation is 1. The van der Waals surface area contributed by atoms with Gasteiger partial charge in [-0.3, -0.25) is 10.1 Å². The second-order valence-corrected chi connectivity index (χ2v) is 5.95. The van der Waals surface area contributed by atoms with Gasteiger partial charge in [0.2, 0.25) is 0 Å². The minimum atomic E-state index is -0.927. The van der Waals surface area contributed by atoms with E-state index in [2.05, 4.69) is 5.32 Å². The molecule has 4 heteroatoms. The summed E-state index contributed by atoms with van der Waals surface area (Å²) in [5, 5.41) is 12.7. The molecule has 4 nitrogen and oxygen atoms in total. The molecule has 0 saturated heterocycles. The summed E-state index contributed by atoms with van der Waals surface area (Å²) >= 11 is 0. The first kappa shape index (κ1) is 14.9. The molecule has 1 fully saturated rings. The fourth-order valence-electron chi connectivity index (χ4n) is 2.41. The molecule has 0 aromatic heterocycles. The van der Waals surface area contributed by atoms with Crippen LogP contribution >= 0.6 is 0 Å². The summed E-state index contributed by atoms with van der Waals surface area (Å²) in [6, 6.07) is 8.14. The number of nitrogens with one attached hydrogen (secondary N) is 1. The third kappa shape index (κ3) is 3.73. The van der Waals surface area contributed by atoms with Crippen molar-refractivity contribution in [2.45, 2.75) is 57.7 Å². The van der Waals surface area contributed by atoms with E-state index in [0.717, 1.165) is 24.2 Å². The molecular weight excluding hydrogens is 254 g/mol. The van der Waals surface area contributed by atoms with E-state index in [1.807, 2.05) is 38.1 Å². The topological polar surface area (TPSA) is 58.6 Å². The van der Waals surface area contributed by atoms with Gasteiger partial charge in [0, 0.05) is 12.5 Å². The summed E-state index contributed by atoms with van der Waals surface area (Å²) in [6.45, 7) is 5.65. The van der Waals surface area contributed by atoms with Gasteiger partial charge in [-0.05, 0) is 45.2 Å². The predicted octanol–water partition coefficient (Wildman–Crippen LogP) is 2.75. The number of hydrogen-bond donors (Lipinski definition) is 2. The van der Waals surface area contributed by atoms with Crippen LogP contribution in [0.25, 0.3) is 0 Å². The Morgan fingerprint density at radius 1 is 1.50 bits per heavy atom. The fraction of sp³-hybridized carbons (Fsp3) is 0.562. The van der Waals surface area contributed by atoms with Gasteiger partial charge in [-0.25, -0.2) is 0 Å². The molecule has 1 aliphatic rings. The quantitative estimate of drug-likeness (QED) is 0.804. The number of aliphatic carboxylic acids is 1. The van der Waals surface area contributed by atoms with Gasteiger partial charge in [0.1, 0.15) is 11.3 Å². The van der Waals surface area contributed by atoms with Gasteiger partial charge in [-0.2, -0.15) is 0 Å². The highest BCUT2D eigenvalue weighted by Crippen LogP contribution is 2.26. The first-order valence-corrected chi connectivity index (χ1v) is 7.14. The molecule has 0 heterocycles. The van der Waals surface area contributed by atoms with Crippen molar-refractivity contribution in [1.29, 1.82) is 0 Å². The van der Waals surface area contributed by atoms with Crippen molar-refractivity contribution in [2.75, 3.05) is 0 Å². The number of rotatable bonds is 7. The first-order chi connectivity index (χ1) is 9.40. The highest BCUT2D eigenvalue weighted by Gasteiger charge is 2.40. The van der Waals surface area contributed by atoms with Crippen LogP contribution in [0, 0.1) is 6.92 Å². The smallest absolute Gasteiger partial charge is 0.323 e. The molecule has 1 aromatic rings. The Morgan fingerprint density at radius 3 is 2.70 bits per heavy atom. The van der Waals surface area contributed by atoms with E-state index in [0.29, 0.717) is 12.5 Å². The van der Waals surface area contributed by atoms with Crippen molar-refractivity contribution in [3.8, 4) is 5.75 Å². The van der Waals surface area contributed by atoms with Crippen LogP contribution in [0.3, 0.4) is 0 Å². The maximum absolute atomic E-state index is 11.5. The molecule has 1 aliphatic carbocycles. The lowest BCUT2D eigenvalue weighted by atomic mass is 9.94. The van der Waals surface area contributed by atoms with Gasteiger partial charge in [0.15, 0.2) is 0 Å². The standard InChI is InChI=1S/C16H23NO3/c1-11-6-4-5-7-14(11)20-12(2)10-16(3,15(18)19)17-13-8-9-13/h4-7,12-13,17H,8-10H2,1-3H3,(H,18,19). The maximum Gasteiger partial charge on any atom is 0.323 e. The Bertz CT molecular complexity index is 484. The minimum absolute atomic E-state index is 0.163. The average molecular weight is 277 g/mol. The average Bonchev–Trinajstić information content (AvgIpc) is 3.15. The summed E-state index contributed by atoms with van der Waals surface area (Å²) in [5.74, 6) is 0.00351. The highest BCUT2D eigenvalue weighted by atomic mass is 16.5. The lowest BCUT2D eigenvalue weighted by Gasteiger charge is -2.29. The van der Waals surface area contributed by atoms with Crippen LogP contribution in [0.4, 0.5) is 0 Å². The third-order valence-electron chi connectivity index (χ3n) is 3.69. The largest absolute Gasteiger partial charge is 0.490 e. The number of carbonyl (C=O) groups is 1. The zero-order chi connectivity index (χ0) is 14.8. The van der Waals surface area contributed by atoms with Crippen molar-refractivity contribution < 1.29 is 14.6 Å². The van der Waals surface area contributed by atoms with Crippen LogP contribution in [0.15, 0.2) is 24.3 Å². The van der Waals surface area contributed by atoms with Crippen molar-refractivity contribution >= 4 is 5.97 Å². The van der Waals surface area contributed by atoms with Gasteiger partial charge in [-0.15, -0.1) is 0 Å². The molecule has 2 N–H and O–H groups in total. The number of carboxylic acids is 1. The van der Waals surface area contributed by atoms with E-state index in [9.17, 15) is 9.90 Å². The Kier molecular flexibility index (Phi) is 4.33. The van der Waals surface area contributed by atoms with Crippen molar-refractivity contribution in [2.24, 2.45) is 0 Å². The summed E-state index contributed by atoms with van der Waals surface area (Å²) < 4.78 is 5.89. The van der Waals surface area contributed by atoms with E-state index in [4.69, 9.17) is 4.74 Å². The van der Waals surface area contributed by atoms with Crippen LogP contribution in [0.2, 0.25) is 0 Å². The van der Waals surface area contributed by atoms with Gasteiger partial charge < -0.3 is 9.84 Å². The van der Waals surface area contributed by atoms with Crippen LogP contribution in [-0.4, -0.2) is 28.8 Å². The van der Waals surface area contributed by atoms with Crippen molar-refractivity contribution in [1.82, 2.24) is 5.32 Å². The monoisotopic (exact) mass is 277 g/mol. The fourth-order valence-corrected chi connectivity index (χ4v) is 2.41. The maximum atomic E-state index is 11.5. The molecule has 2 unspecified atom stereocenters. The second kappa shape index (κ2) is 5.83. The lowest BCUT2D eigenvalue weighted by Crippen LogP contribution is -2.52. The zero-order valence-electron chi connectivity index (χ0n) is 12.3. The van der Waals surface area contributed by atoms with E-state index in [1.54, 1.807) is 6.92 Å². The van der Waals surface area contributed by atoms with E-state index in [-0.39, 0.29) is 6.10 Å². The summed E-state index contributed by atoms with van der Waals surface area (Å²) in [7, 11) is 0. The van der Waals surface area contributed by atoms with Crippen LogP contribution in [0.5, 0.6) is 5.75 Å². The van der Waals surface area contributed by atoms with E-state index in [1.165, 1.54) is 0 Å². The second-order valence-electron chi connectivity index (χ2n) is 5.95. The molecule has 2 rings (SSSR count). The molecule has 0 spiro atoms. The van der Waals surface area contributed by atoms with Gasteiger partial charge in [0.25, 0.3) is 0 Å². The molecule has 1 saturated carbocycles. The minimum Gasteiger partial charge on any atom is -0.490 e. The van der Waals surface area contributed by atoms with E-state index >= 15 is 0 Å². The normalized spacial score (nSPS) is 19.1. The molecule has 0 bridgehead atoms. The van der Waals surface area contributed by atoms with Gasteiger partial charge in [-0.1, -0.05) is 18.2 Å². The molecule has 0 aliphatic heterocycles. The predicted molar refractivity (Wildman–Crippen MR) is 78.1 cm³/mol. The molecule has 110 valence electrons. The Hall–Kier alpha value is -1.55. The molecule has 0 amide bonds. The number of para-hydroxylation sites is 1. The molecule has 0 radical (unpaired) electrons. The molecular formula is C16H23NO3. The Balaban J connectivity index is 1.99. The Labute approximate surface area is 120 Å². The van der Waals surface area contributed by atoms with Crippen LogP contribution in [0.1, 0.15) is 38.7 Å². The van der Waals surface area contributed by atoms with Crippen LogP contribution < -0.4 is 10.1 Å². The molecule has 2 atom stereocenters. The molecule has 20 heavy (non-hydrogen) atoms. The Morgan fingerprint density at radius 2 is 2.15 bits per heavy atom. The summed E-state index contributed by atoms with van der Waals surface area (Å²) in [6.07, 6.45) is 2.40. The number of hydrogen-bond acceptors (Lipinski definition) is 3. The van der Waals surface area contributed by atoms with Gasteiger partial charge in [0.05, 0.1) is 6.10 Å². The zero-order valence-corrected chi connectivity index (χ0v) is 12.3. The third-order valence-corrected chi connectivity index (χ3v) is 3.69. The number of benzene rings is 1. The number of ether oxygens (including phenoxy) is 1. The summed E-state index contributed by atoms with van der Waals surface area (Å²) in [4.78, 5) is 11.5. The van der Waals surface area contributed by atoms with Gasteiger partial charge >= 0.3 is 5.97 Å². The van der Waals surface area contributed by atoms with Crippen molar-refractivity contribution in [3.05, 3.63) is 29.8 Å². The SMILES string of the molecule is Cc1ccccc1OC(C)CC(C)(NC1CC1)C(=O)O. The summed E-state index contributed by atoms with van der Waals surface area (Å²) in [5.41, 5.74) is 0.134. The first-order valence-electron chi connectivity index (χ1n) is 7.14. The highest BCUT2D eigenvalue weighted by molar-refractivity contribution is 5.78. The van der Waals surface area contributed by atoms with E-state index < -0.39 is 11.5 Å². The lowest BCUT2D eigenvalue weighted by molar-refractivity contribution is -0.145. The van der Waals surface area contributed by atoms with Crippen molar-refractivity contribution in [3.63, 3.8) is 0 Å². The van der Waals surface area contributed by atoms with Crippen LogP contribution in [-0.2, 0) is 4.79 Å². The molecule has 1 aromatic carbocycles. The number of carboxylic acid groups (broad SMARTS) is 1.